The molecule has 0 aliphatic rings. The van der Waals surface area contributed by atoms with Gasteiger partial charge in [0.05, 0.1) is 6.54 Å². The molecule has 0 aromatic carbocycles. The average Bonchev–Trinajstić information content (AvgIpc) is 1.96. The zero-order chi connectivity index (χ0) is 12.1. The number of carbonyl (C=O) groups excluding carboxylic acids is 1. The summed E-state index contributed by atoms with van der Waals surface area (Å²) in [6, 6.07) is 0. The molecule has 0 saturated heterocycles. The van der Waals surface area contributed by atoms with E-state index in [1.807, 2.05) is 0 Å². The Balaban J connectivity index is 3.76. The predicted octanol–water partition coefficient (Wildman–Crippen LogP) is 1.59. The van der Waals surface area contributed by atoms with Gasteiger partial charge >= 0.3 is 12.2 Å². The van der Waals surface area contributed by atoms with Gasteiger partial charge in [0.1, 0.15) is 11.7 Å². The Morgan fingerprint density at radius 3 is 2.33 bits per heavy atom. The minimum absolute atomic E-state index is 0.0845. The number of hydrogen-bond donors (Lipinski definition) is 2. The fraction of sp³-hybridized carbons (Fsp3) is 0.778. The monoisotopic (exact) mass is 219 g/mol. The normalized spacial score (nSPS) is 12.8. The third kappa shape index (κ3) is 8.86. The maximum absolute atomic E-state index is 11.1. The van der Waals surface area contributed by atoms with Crippen molar-refractivity contribution in [1.29, 1.82) is 0 Å². The van der Waals surface area contributed by atoms with Crippen LogP contribution in [0.5, 0.6) is 0 Å². The van der Waals surface area contributed by atoms with Crippen LogP contribution in [0.25, 0.3) is 0 Å². The van der Waals surface area contributed by atoms with E-state index in [9.17, 15) is 9.59 Å². The largest absolute Gasteiger partial charge is 0.506 e. The van der Waals surface area contributed by atoms with Crippen molar-refractivity contribution in [1.82, 2.24) is 5.32 Å². The summed E-state index contributed by atoms with van der Waals surface area (Å²) in [5, 5.41) is 10.7. The van der Waals surface area contributed by atoms with E-state index in [4.69, 9.17) is 9.84 Å². The van der Waals surface area contributed by atoms with Crippen LogP contribution in [-0.4, -0.2) is 35.6 Å². The maximum atomic E-state index is 11.1. The molecule has 0 rings (SSSR count). The first kappa shape index (κ1) is 13.5. The summed E-state index contributed by atoms with van der Waals surface area (Å²) in [5.74, 6) is 0. The average molecular weight is 219 g/mol. The van der Waals surface area contributed by atoms with Crippen molar-refractivity contribution in [3.8, 4) is 0 Å². The molecule has 0 aliphatic heterocycles. The van der Waals surface area contributed by atoms with Gasteiger partial charge in [-0.1, -0.05) is 0 Å². The molecule has 1 amide bonds. The molecule has 0 saturated carbocycles. The molecule has 0 fully saturated rings. The summed E-state index contributed by atoms with van der Waals surface area (Å²) >= 11 is 0. The molecule has 0 aliphatic carbocycles. The fourth-order valence-electron chi connectivity index (χ4n) is 0.755. The van der Waals surface area contributed by atoms with Crippen molar-refractivity contribution >= 4 is 12.2 Å². The lowest BCUT2D eigenvalue weighted by atomic mass is 10.2. The lowest BCUT2D eigenvalue weighted by molar-refractivity contribution is 0.0404. The Kier molecular flexibility index (Phi) is 4.90. The van der Waals surface area contributed by atoms with Crippen LogP contribution in [0, 0.1) is 0 Å². The quantitative estimate of drug-likeness (QED) is 0.704. The van der Waals surface area contributed by atoms with Gasteiger partial charge in [0.25, 0.3) is 0 Å². The second-order valence-electron chi connectivity index (χ2n) is 4.08. The molecular weight excluding hydrogens is 202 g/mol. The van der Waals surface area contributed by atoms with Gasteiger partial charge in [0, 0.05) is 0 Å². The topological polar surface area (TPSA) is 84.9 Å². The summed E-state index contributed by atoms with van der Waals surface area (Å²) in [6.07, 6.45) is -2.56. The molecule has 0 heterocycles. The van der Waals surface area contributed by atoms with Crippen LogP contribution in [0.1, 0.15) is 27.7 Å². The first-order valence-corrected chi connectivity index (χ1v) is 4.57. The predicted molar refractivity (Wildman–Crippen MR) is 52.8 cm³/mol. The lowest BCUT2D eigenvalue weighted by Gasteiger charge is -2.20. The highest BCUT2D eigenvalue weighted by Crippen LogP contribution is 2.06. The third-order valence-electron chi connectivity index (χ3n) is 1.23. The van der Waals surface area contributed by atoms with Crippen LogP contribution >= 0.6 is 0 Å². The van der Waals surface area contributed by atoms with Gasteiger partial charge in [-0.3, -0.25) is 0 Å². The highest BCUT2D eigenvalue weighted by molar-refractivity contribution is 5.67. The molecule has 0 bridgehead atoms. The number of alkyl carbamates (subject to hydrolysis) is 1. The van der Waals surface area contributed by atoms with Gasteiger partial charge in [-0.15, -0.1) is 0 Å². The van der Waals surface area contributed by atoms with E-state index in [0.29, 0.717) is 0 Å². The standard InChI is InChI=1S/C9H17NO5/c1-6(14-8(12)13)5-10-7(11)15-9(2,3)4/h6H,5H2,1-4H3,(H,10,11)(H,12,13)/t6-/m0/s1. The summed E-state index contributed by atoms with van der Waals surface area (Å²) in [6.45, 7) is 6.84. The molecule has 0 aromatic heterocycles. The van der Waals surface area contributed by atoms with Crippen LogP contribution in [0.15, 0.2) is 0 Å². The minimum atomic E-state index is -1.37. The van der Waals surface area contributed by atoms with Gasteiger partial charge in [0.15, 0.2) is 0 Å². The number of carboxylic acid groups (broad SMARTS) is 1. The molecular formula is C9H17NO5. The van der Waals surface area contributed by atoms with Crippen molar-refractivity contribution in [3.05, 3.63) is 0 Å². The van der Waals surface area contributed by atoms with Crippen LogP contribution < -0.4 is 5.32 Å². The second-order valence-corrected chi connectivity index (χ2v) is 4.08. The number of nitrogens with one attached hydrogen (secondary N) is 1. The molecule has 0 radical (unpaired) electrons. The van der Waals surface area contributed by atoms with Crippen LogP contribution in [-0.2, 0) is 9.47 Å². The third-order valence-corrected chi connectivity index (χ3v) is 1.23. The van der Waals surface area contributed by atoms with E-state index in [0.717, 1.165) is 0 Å². The number of ether oxygens (including phenoxy) is 2. The first-order chi connectivity index (χ1) is 6.70. The van der Waals surface area contributed by atoms with Crippen LogP contribution in [0.3, 0.4) is 0 Å². The van der Waals surface area contributed by atoms with Crippen molar-refractivity contribution in [3.63, 3.8) is 0 Å². The van der Waals surface area contributed by atoms with Gasteiger partial charge in [0.2, 0.25) is 0 Å². The Morgan fingerprint density at radius 1 is 1.40 bits per heavy atom. The van der Waals surface area contributed by atoms with Crippen molar-refractivity contribution in [2.24, 2.45) is 0 Å². The van der Waals surface area contributed by atoms with Gasteiger partial charge in [-0.2, -0.15) is 0 Å². The molecule has 0 unspecified atom stereocenters. The zero-order valence-corrected chi connectivity index (χ0v) is 9.36. The zero-order valence-electron chi connectivity index (χ0n) is 9.36. The number of amides is 1. The van der Waals surface area contributed by atoms with Crippen molar-refractivity contribution < 1.29 is 24.2 Å². The summed E-state index contributed by atoms with van der Waals surface area (Å²) in [7, 11) is 0. The number of carbonyl (C=O) groups is 2. The smallest absolute Gasteiger partial charge is 0.450 e. The molecule has 6 heteroatoms. The molecule has 2 N–H and O–H groups in total. The van der Waals surface area contributed by atoms with Crippen LogP contribution in [0.2, 0.25) is 0 Å². The molecule has 88 valence electrons. The Hall–Kier alpha value is -1.46. The summed E-state index contributed by atoms with van der Waals surface area (Å²) in [4.78, 5) is 21.2. The fourth-order valence-corrected chi connectivity index (χ4v) is 0.755. The second kappa shape index (κ2) is 5.43. The Bertz CT molecular complexity index is 233. The molecule has 0 spiro atoms. The van der Waals surface area contributed by atoms with E-state index >= 15 is 0 Å². The highest BCUT2D eigenvalue weighted by Gasteiger charge is 2.17. The van der Waals surface area contributed by atoms with E-state index in [2.05, 4.69) is 10.1 Å². The van der Waals surface area contributed by atoms with Crippen LogP contribution in [0.4, 0.5) is 9.59 Å². The Morgan fingerprint density at radius 2 is 1.93 bits per heavy atom. The van der Waals surface area contributed by atoms with E-state index in [1.54, 1.807) is 20.8 Å². The first-order valence-electron chi connectivity index (χ1n) is 4.57. The molecule has 0 aromatic rings. The SMILES string of the molecule is C[C@@H](CNC(=O)OC(C)(C)C)OC(=O)O. The minimum Gasteiger partial charge on any atom is -0.450 e. The van der Waals surface area contributed by atoms with E-state index in [-0.39, 0.29) is 6.54 Å². The Labute approximate surface area is 88.6 Å². The number of rotatable bonds is 3. The summed E-state index contributed by atoms with van der Waals surface area (Å²) in [5.41, 5.74) is -0.568. The van der Waals surface area contributed by atoms with Crippen molar-refractivity contribution in [2.45, 2.75) is 39.4 Å². The lowest BCUT2D eigenvalue weighted by Crippen LogP contribution is -2.37. The molecule has 1 atom stereocenters. The van der Waals surface area contributed by atoms with Gasteiger partial charge in [-0.05, 0) is 27.7 Å². The van der Waals surface area contributed by atoms with E-state index < -0.39 is 24.0 Å². The van der Waals surface area contributed by atoms with Crippen molar-refractivity contribution in [2.75, 3.05) is 6.54 Å². The summed E-state index contributed by atoms with van der Waals surface area (Å²) < 4.78 is 9.32. The van der Waals surface area contributed by atoms with E-state index in [1.165, 1.54) is 6.92 Å². The maximum Gasteiger partial charge on any atom is 0.506 e. The molecule has 15 heavy (non-hydrogen) atoms. The van der Waals surface area contributed by atoms with Gasteiger partial charge < -0.3 is 19.9 Å². The van der Waals surface area contributed by atoms with Gasteiger partial charge in [-0.25, -0.2) is 9.59 Å². The number of hydrogen-bond acceptors (Lipinski definition) is 4. The highest BCUT2D eigenvalue weighted by atomic mass is 16.7. The molecule has 6 nitrogen and oxygen atoms in total.